The van der Waals surface area contributed by atoms with Crippen LogP contribution in [0, 0.1) is 40.8 Å². The molecule has 0 N–H and O–H groups in total. The van der Waals surface area contributed by atoms with Gasteiger partial charge in [-0.1, -0.05) is 19.8 Å². The van der Waals surface area contributed by atoms with Gasteiger partial charge in [-0.25, -0.2) is 0 Å². The van der Waals surface area contributed by atoms with E-state index in [1.807, 2.05) is 6.92 Å². The molecule has 74 valence electrons. The fraction of sp³-hybridized carbons (Fsp3) is 0.400. The molecule has 0 amide bonds. The first kappa shape index (κ1) is 12.9. The van der Waals surface area contributed by atoms with E-state index >= 15 is 0 Å². The second-order valence-corrected chi connectivity index (χ2v) is 2.78. The molecular weight excluding hydrogens is 200 g/mol. The van der Waals surface area contributed by atoms with Crippen LogP contribution in [-0.4, -0.2) is 0 Å². The number of rotatable bonds is 3. The Labute approximate surface area is 88.2 Å². The molecule has 3 nitrogen and oxygen atoms in total. The summed E-state index contributed by atoms with van der Waals surface area (Å²) in [6.45, 7) is 4.08. The number of hydrogen-bond donors (Lipinski definition) is 0. The third-order valence-electron chi connectivity index (χ3n) is 1.27. The molecule has 0 saturated carbocycles. The average Bonchev–Trinajstić information content (AvgIpc) is 2.21. The topological polar surface area (TPSA) is 41.5 Å². The van der Waals surface area contributed by atoms with Crippen LogP contribution < -0.4 is 5.26 Å². The van der Waals surface area contributed by atoms with Crippen LogP contribution in [0.15, 0.2) is 0 Å². The van der Waals surface area contributed by atoms with Crippen molar-refractivity contribution in [3.8, 4) is 34.9 Å². The summed E-state index contributed by atoms with van der Waals surface area (Å²) in [5, 5.41) is 14.7. The normalized spacial score (nSPS) is 9.64. The fourth-order valence-electron chi connectivity index (χ4n) is 0.401. The van der Waals surface area contributed by atoms with E-state index in [9.17, 15) is 5.26 Å². The molecular formula is C10H9O3S-. The van der Waals surface area contributed by atoms with E-state index in [2.05, 4.69) is 51.2 Å². The molecule has 0 spiro atoms. The molecule has 0 aliphatic heterocycles. The van der Waals surface area contributed by atoms with Crippen LogP contribution in [0.5, 0.6) is 0 Å². The molecule has 0 saturated heterocycles. The standard InChI is InChI=1S/C10H10O3S/c1-3-10(2)8-6-4-5-7-9-14-13-12-11/h10-11H,3H2,1-2H3/p-1. The van der Waals surface area contributed by atoms with Crippen LogP contribution in [0.1, 0.15) is 20.3 Å². The maximum absolute atomic E-state index is 9.30. The molecule has 0 aromatic heterocycles. The second kappa shape index (κ2) is 9.99. The minimum Gasteiger partial charge on any atom is -0.691 e. The lowest BCUT2D eigenvalue weighted by Crippen LogP contribution is -2.00. The molecule has 0 aliphatic carbocycles. The van der Waals surface area contributed by atoms with Crippen molar-refractivity contribution in [2.24, 2.45) is 5.92 Å². The summed E-state index contributed by atoms with van der Waals surface area (Å²) in [6, 6.07) is 0. The lowest BCUT2D eigenvalue weighted by atomic mass is 10.1. The van der Waals surface area contributed by atoms with Gasteiger partial charge in [0.25, 0.3) is 0 Å². The van der Waals surface area contributed by atoms with Gasteiger partial charge < -0.3 is 5.26 Å². The largest absolute Gasteiger partial charge is 0.691 e. The van der Waals surface area contributed by atoms with Gasteiger partial charge in [-0.3, -0.25) is 5.04 Å². The zero-order valence-electron chi connectivity index (χ0n) is 7.92. The Morgan fingerprint density at radius 1 is 1.29 bits per heavy atom. The predicted molar refractivity (Wildman–Crippen MR) is 52.5 cm³/mol. The molecule has 0 fully saturated rings. The molecule has 0 aliphatic rings. The monoisotopic (exact) mass is 209 g/mol. The minimum atomic E-state index is 0.351. The minimum absolute atomic E-state index is 0.351. The van der Waals surface area contributed by atoms with Crippen LogP contribution in [0.4, 0.5) is 0 Å². The zero-order chi connectivity index (χ0) is 10.6. The van der Waals surface area contributed by atoms with Gasteiger partial charge >= 0.3 is 0 Å². The predicted octanol–water partition coefficient (Wildman–Crippen LogP) is 0.872. The van der Waals surface area contributed by atoms with Gasteiger partial charge in [-0.15, -0.1) is 0 Å². The highest BCUT2D eigenvalue weighted by atomic mass is 32.2. The molecule has 0 rings (SSSR count). The Hall–Kier alpha value is -1.09. The van der Waals surface area contributed by atoms with Crippen molar-refractivity contribution < 1.29 is 14.6 Å². The van der Waals surface area contributed by atoms with Crippen LogP contribution in [0.2, 0.25) is 0 Å². The molecule has 0 bridgehead atoms. The first-order valence-corrected chi connectivity index (χ1v) is 4.68. The molecule has 0 radical (unpaired) electrons. The summed E-state index contributed by atoms with van der Waals surface area (Å²) >= 11 is 0.576. The quantitative estimate of drug-likeness (QED) is 0.227. The van der Waals surface area contributed by atoms with Gasteiger partial charge in [-0.2, -0.15) is 4.33 Å². The first-order valence-electron chi connectivity index (χ1n) is 3.94. The van der Waals surface area contributed by atoms with Gasteiger partial charge in [0.15, 0.2) is 0 Å². The van der Waals surface area contributed by atoms with Crippen molar-refractivity contribution in [2.45, 2.75) is 20.3 Å². The molecule has 0 heterocycles. The van der Waals surface area contributed by atoms with E-state index < -0.39 is 0 Å². The molecule has 1 atom stereocenters. The lowest BCUT2D eigenvalue weighted by molar-refractivity contribution is -0.776. The van der Waals surface area contributed by atoms with Crippen molar-refractivity contribution in [1.82, 2.24) is 0 Å². The van der Waals surface area contributed by atoms with Gasteiger partial charge in [0, 0.05) is 17.1 Å². The van der Waals surface area contributed by atoms with Gasteiger partial charge in [0.2, 0.25) is 0 Å². The van der Waals surface area contributed by atoms with Crippen molar-refractivity contribution in [2.75, 3.05) is 0 Å². The molecule has 4 heteroatoms. The Balaban J connectivity index is 3.79. The Morgan fingerprint density at radius 2 is 2.00 bits per heavy atom. The van der Waals surface area contributed by atoms with Crippen LogP contribution in [-0.2, 0) is 9.37 Å². The third kappa shape index (κ3) is 9.00. The summed E-state index contributed by atoms with van der Waals surface area (Å²) in [7, 11) is 0. The van der Waals surface area contributed by atoms with E-state index in [-0.39, 0.29) is 0 Å². The summed E-state index contributed by atoms with van der Waals surface area (Å²) in [4.78, 5) is 0. The second-order valence-electron chi connectivity index (χ2n) is 2.28. The van der Waals surface area contributed by atoms with E-state index in [1.54, 1.807) is 0 Å². The van der Waals surface area contributed by atoms with E-state index in [0.29, 0.717) is 18.0 Å². The first-order chi connectivity index (χ1) is 6.81. The summed E-state index contributed by atoms with van der Waals surface area (Å²) < 4.78 is 3.88. The Kier molecular flexibility index (Phi) is 9.22. The average molecular weight is 209 g/mol. The summed E-state index contributed by atoms with van der Waals surface area (Å²) in [5.74, 6) is 13.4. The van der Waals surface area contributed by atoms with Crippen LogP contribution in [0.25, 0.3) is 0 Å². The summed E-state index contributed by atoms with van der Waals surface area (Å²) in [6.07, 6.45) is 1.00. The molecule has 1 unspecified atom stereocenters. The molecule has 0 aromatic rings. The highest BCUT2D eigenvalue weighted by Crippen LogP contribution is 1.96. The Bertz CT molecular complexity index is 318. The summed E-state index contributed by atoms with van der Waals surface area (Å²) in [5.41, 5.74) is 0. The van der Waals surface area contributed by atoms with Crippen molar-refractivity contribution >= 4 is 12.0 Å². The fourth-order valence-corrected chi connectivity index (χ4v) is 0.556. The SMILES string of the molecule is CCC(C)C#CC#CC#CSOO[O-]. The van der Waals surface area contributed by atoms with Crippen LogP contribution in [0.3, 0.4) is 0 Å². The van der Waals surface area contributed by atoms with Gasteiger partial charge in [-0.05, 0) is 24.2 Å². The van der Waals surface area contributed by atoms with E-state index in [4.69, 9.17) is 0 Å². The van der Waals surface area contributed by atoms with Crippen LogP contribution >= 0.6 is 12.0 Å². The number of hydrogen-bond acceptors (Lipinski definition) is 4. The van der Waals surface area contributed by atoms with Crippen molar-refractivity contribution in [3.05, 3.63) is 0 Å². The smallest absolute Gasteiger partial charge is 0.121 e. The molecule has 14 heavy (non-hydrogen) atoms. The molecule has 0 aromatic carbocycles. The highest BCUT2D eigenvalue weighted by molar-refractivity contribution is 7.99. The van der Waals surface area contributed by atoms with E-state index in [1.165, 1.54) is 0 Å². The van der Waals surface area contributed by atoms with Gasteiger partial charge in [0.1, 0.15) is 12.0 Å². The lowest BCUT2D eigenvalue weighted by Gasteiger charge is -1.96. The maximum atomic E-state index is 9.30. The van der Waals surface area contributed by atoms with E-state index in [0.717, 1.165) is 6.42 Å². The van der Waals surface area contributed by atoms with Crippen molar-refractivity contribution in [1.29, 1.82) is 0 Å². The third-order valence-corrected chi connectivity index (χ3v) is 1.58. The highest BCUT2D eigenvalue weighted by Gasteiger charge is 1.86. The maximum Gasteiger partial charge on any atom is 0.121 e. The van der Waals surface area contributed by atoms with Gasteiger partial charge in [0.05, 0.1) is 0 Å². The van der Waals surface area contributed by atoms with Crippen molar-refractivity contribution in [3.63, 3.8) is 0 Å². The Morgan fingerprint density at radius 3 is 2.64 bits per heavy atom. The zero-order valence-corrected chi connectivity index (χ0v) is 8.73.